The van der Waals surface area contributed by atoms with Crippen molar-refractivity contribution in [3.63, 3.8) is 0 Å². The van der Waals surface area contributed by atoms with Gasteiger partial charge in [-0.1, -0.05) is 42.5 Å². The largest absolute Gasteiger partial charge is 0.489 e. The monoisotopic (exact) mass is 241 g/mol. The third kappa shape index (κ3) is 3.11. The molecule has 0 heterocycles. The van der Waals surface area contributed by atoms with Crippen molar-refractivity contribution in [3.05, 3.63) is 65.2 Å². The van der Waals surface area contributed by atoms with Gasteiger partial charge in [-0.25, -0.2) is 0 Å². The summed E-state index contributed by atoms with van der Waals surface area (Å²) in [5.41, 5.74) is 9.30. The van der Waals surface area contributed by atoms with Crippen molar-refractivity contribution in [3.8, 4) is 5.75 Å². The molecular formula is C16H19NO. The van der Waals surface area contributed by atoms with E-state index in [2.05, 4.69) is 18.2 Å². The van der Waals surface area contributed by atoms with E-state index in [1.54, 1.807) is 0 Å². The van der Waals surface area contributed by atoms with Crippen LogP contribution in [-0.2, 0) is 6.61 Å². The van der Waals surface area contributed by atoms with Gasteiger partial charge in [0.25, 0.3) is 0 Å². The van der Waals surface area contributed by atoms with Crippen LogP contribution in [0.15, 0.2) is 48.5 Å². The van der Waals surface area contributed by atoms with Gasteiger partial charge in [0.2, 0.25) is 0 Å². The first kappa shape index (κ1) is 12.7. The molecular weight excluding hydrogens is 222 g/mol. The van der Waals surface area contributed by atoms with Crippen LogP contribution < -0.4 is 10.5 Å². The van der Waals surface area contributed by atoms with E-state index in [1.807, 2.05) is 44.2 Å². The number of ether oxygens (including phenoxy) is 1. The molecule has 0 bridgehead atoms. The summed E-state index contributed by atoms with van der Waals surface area (Å²) < 4.78 is 5.82. The first-order valence-corrected chi connectivity index (χ1v) is 6.19. The Morgan fingerprint density at radius 2 is 1.83 bits per heavy atom. The molecule has 0 aliphatic carbocycles. The second-order valence-corrected chi connectivity index (χ2v) is 4.59. The van der Waals surface area contributed by atoms with Crippen LogP contribution in [0.25, 0.3) is 0 Å². The summed E-state index contributed by atoms with van der Waals surface area (Å²) in [7, 11) is 0. The predicted molar refractivity (Wildman–Crippen MR) is 74.6 cm³/mol. The van der Waals surface area contributed by atoms with Gasteiger partial charge in [0.15, 0.2) is 0 Å². The van der Waals surface area contributed by atoms with Crippen molar-refractivity contribution in [1.29, 1.82) is 0 Å². The molecule has 18 heavy (non-hydrogen) atoms. The zero-order valence-electron chi connectivity index (χ0n) is 10.9. The lowest BCUT2D eigenvalue weighted by atomic mass is 10.1. The highest BCUT2D eigenvalue weighted by atomic mass is 16.5. The number of rotatable bonds is 4. The predicted octanol–water partition coefficient (Wildman–Crippen LogP) is 3.59. The number of aryl methyl sites for hydroxylation is 1. The highest BCUT2D eigenvalue weighted by molar-refractivity contribution is 5.37. The molecule has 1 atom stereocenters. The summed E-state index contributed by atoms with van der Waals surface area (Å²) in [5.74, 6) is 0.920. The molecule has 0 unspecified atom stereocenters. The highest BCUT2D eigenvalue weighted by Crippen LogP contribution is 2.22. The van der Waals surface area contributed by atoms with Gasteiger partial charge in [0.1, 0.15) is 12.4 Å². The minimum atomic E-state index is 0.0619. The molecule has 0 saturated heterocycles. The standard InChI is InChI=1S/C16H19NO/c1-12-10-15(13(2)17)8-9-16(12)18-11-14-6-4-3-5-7-14/h3-10,13H,11,17H2,1-2H3/t13-/m1/s1. The van der Waals surface area contributed by atoms with E-state index in [-0.39, 0.29) is 6.04 Å². The van der Waals surface area contributed by atoms with E-state index < -0.39 is 0 Å². The lowest BCUT2D eigenvalue weighted by Gasteiger charge is -2.12. The molecule has 2 N–H and O–H groups in total. The van der Waals surface area contributed by atoms with Gasteiger partial charge >= 0.3 is 0 Å². The Labute approximate surface area is 108 Å². The molecule has 0 amide bonds. The fourth-order valence-electron chi connectivity index (χ4n) is 1.85. The van der Waals surface area contributed by atoms with Gasteiger partial charge in [-0.3, -0.25) is 0 Å². The lowest BCUT2D eigenvalue weighted by molar-refractivity contribution is 0.304. The summed E-state index contributed by atoms with van der Waals surface area (Å²) in [6.45, 7) is 4.63. The molecule has 0 aromatic heterocycles. The van der Waals surface area contributed by atoms with Crippen LogP contribution in [0.3, 0.4) is 0 Å². The van der Waals surface area contributed by atoms with Crippen molar-refractivity contribution in [1.82, 2.24) is 0 Å². The van der Waals surface area contributed by atoms with E-state index in [4.69, 9.17) is 10.5 Å². The Morgan fingerprint density at radius 1 is 1.11 bits per heavy atom. The van der Waals surface area contributed by atoms with E-state index in [1.165, 1.54) is 5.56 Å². The van der Waals surface area contributed by atoms with Gasteiger partial charge in [-0.2, -0.15) is 0 Å². The maximum Gasteiger partial charge on any atom is 0.122 e. The smallest absolute Gasteiger partial charge is 0.122 e. The molecule has 0 radical (unpaired) electrons. The SMILES string of the molecule is Cc1cc([C@@H](C)N)ccc1OCc1ccccc1. The lowest BCUT2D eigenvalue weighted by Crippen LogP contribution is -2.05. The Kier molecular flexibility index (Phi) is 4.00. The maximum absolute atomic E-state index is 5.86. The van der Waals surface area contributed by atoms with Gasteiger partial charge in [0.05, 0.1) is 0 Å². The first-order chi connectivity index (χ1) is 8.66. The molecule has 0 saturated carbocycles. The molecule has 94 valence electrons. The molecule has 0 aliphatic rings. The molecule has 0 aliphatic heterocycles. The maximum atomic E-state index is 5.86. The minimum absolute atomic E-state index is 0.0619. The fraction of sp³-hybridized carbons (Fsp3) is 0.250. The van der Waals surface area contributed by atoms with Crippen LogP contribution in [-0.4, -0.2) is 0 Å². The Balaban J connectivity index is 2.06. The molecule has 0 spiro atoms. The molecule has 2 heteroatoms. The third-order valence-corrected chi connectivity index (χ3v) is 2.96. The van der Waals surface area contributed by atoms with Crippen molar-refractivity contribution < 1.29 is 4.74 Å². The van der Waals surface area contributed by atoms with Crippen LogP contribution in [0.2, 0.25) is 0 Å². The summed E-state index contributed by atoms with van der Waals surface area (Å²) in [5, 5.41) is 0. The molecule has 2 nitrogen and oxygen atoms in total. The highest BCUT2D eigenvalue weighted by Gasteiger charge is 2.04. The summed E-state index contributed by atoms with van der Waals surface area (Å²) >= 11 is 0. The normalized spacial score (nSPS) is 12.2. The number of hydrogen-bond donors (Lipinski definition) is 1. The van der Waals surface area contributed by atoms with Crippen molar-refractivity contribution in [2.45, 2.75) is 26.5 Å². The first-order valence-electron chi connectivity index (χ1n) is 6.19. The van der Waals surface area contributed by atoms with Crippen LogP contribution in [0.5, 0.6) is 5.75 Å². The quantitative estimate of drug-likeness (QED) is 0.887. The Bertz CT molecular complexity index is 506. The fourth-order valence-corrected chi connectivity index (χ4v) is 1.85. The van der Waals surface area contributed by atoms with Gasteiger partial charge < -0.3 is 10.5 Å². The summed E-state index contributed by atoms with van der Waals surface area (Å²) in [6.07, 6.45) is 0. The van der Waals surface area contributed by atoms with Crippen LogP contribution in [0.1, 0.15) is 29.7 Å². The molecule has 0 fully saturated rings. The van der Waals surface area contributed by atoms with E-state index in [0.717, 1.165) is 16.9 Å². The third-order valence-electron chi connectivity index (χ3n) is 2.96. The second kappa shape index (κ2) is 5.69. The average molecular weight is 241 g/mol. The zero-order valence-corrected chi connectivity index (χ0v) is 10.9. The van der Waals surface area contributed by atoms with E-state index >= 15 is 0 Å². The summed E-state index contributed by atoms with van der Waals surface area (Å²) in [4.78, 5) is 0. The van der Waals surface area contributed by atoms with Gasteiger partial charge in [0, 0.05) is 6.04 Å². The van der Waals surface area contributed by atoms with Crippen molar-refractivity contribution in [2.75, 3.05) is 0 Å². The van der Waals surface area contributed by atoms with Crippen molar-refractivity contribution >= 4 is 0 Å². The molecule has 2 rings (SSSR count). The Morgan fingerprint density at radius 3 is 2.44 bits per heavy atom. The molecule has 2 aromatic carbocycles. The van der Waals surface area contributed by atoms with Crippen molar-refractivity contribution in [2.24, 2.45) is 5.73 Å². The van der Waals surface area contributed by atoms with E-state index in [9.17, 15) is 0 Å². The number of hydrogen-bond acceptors (Lipinski definition) is 2. The number of nitrogens with two attached hydrogens (primary N) is 1. The van der Waals surface area contributed by atoms with Crippen LogP contribution in [0, 0.1) is 6.92 Å². The zero-order chi connectivity index (χ0) is 13.0. The van der Waals surface area contributed by atoms with Gasteiger partial charge in [-0.15, -0.1) is 0 Å². The molecule has 2 aromatic rings. The van der Waals surface area contributed by atoms with Gasteiger partial charge in [-0.05, 0) is 36.6 Å². The number of benzene rings is 2. The second-order valence-electron chi connectivity index (χ2n) is 4.59. The van der Waals surface area contributed by atoms with Crippen LogP contribution in [0.4, 0.5) is 0 Å². The van der Waals surface area contributed by atoms with Crippen LogP contribution >= 0.6 is 0 Å². The Hall–Kier alpha value is -1.80. The summed E-state index contributed by atoms with van der Waals surface area (Å²) in [6, 6.07) is 16.3. The minimum Gasteiger partial charge on any atom is -0.489 e. The average Bonchev–Trinajstić information content (AvgIpc) is 2.38. The topological polar surface area (TPSA) is 35.2 Å². The van der Waals surface area contributed by atoms with E-state index in [0.29, 0.717) is 6.61 Å².